The predicted molar refractivity (Wildman–Crippen MR) is 145 cm³/mol. The van der Waals surface area contributed by atoms with Crippen molar-refractivity contribution in [3.8, 4) is 11.1 Å². The van der Waals surface area contributed by atoms with Crippen molar-refractivity contribution in [2.24, 2.45) is 0 Å². The van der Waals surface area contributed by atoms with Crippen LogP contribution < -0.4 is 5.73 Å². The number of nitrogens with two attached hydrogens (primary N) is 1. The molecule has 1 aliphatic rings. The van der Waals surface area contributed by atoms with Gasteiger partial charge in [-0.15, -0.1) is 10.2 Å². The molecule has 0 radical (unpaired) electrons. The highest BCUT2D eigenvalue weighted by Crippen LogP contribution is 2.34. The first-order chi connectivity index (χ1) is 17.1. The molecule has 0 unspecified atom stereocenters. The standard InChI is InChI=1S/C26H24N6OS2/c27-22-16-20(15-19-8-3-4-10-21(19)22)18-9-6-7-17(13-18)14-23-25(33)32(26(34)35-23)12-5-1-2-11-24-28-30-31-29-24/h3-4,6-10,13-16H,1-2,5,11-12,27H2,(H,28,29,30,31). The van der Waals surface area contributed by atoms with Gasteiger partial charge >= 0.3 is 0 Å². The first kappa shape index (κ1) is 23.2. The number of carbonyl (C=O) groups excluding carboxylic acids is 1. The molecule has 0 atom stereocenters. The molecule has 1 aliphatic heterocycles. The van der Waals surface area contributed by atoms with E-state index in [1.807, 2.05) is 42.5 Å². The molecule has 35 heavy (non-hydrogen) atoms. The second-order valence-electron chi connectivity index (χ2n) is 8.38. The molecular weight excluding hydrogens is 476 g/mol. The Kier molecular flexibility index (Phi) is 6.87. The zero-order chi connectivity index (χ0) is 24.2. The van der Waals surface area contributed by atoms with Crippen molar-refractivity contribution in [3.63, 3.8) is 0 Å². The molecule has 5 rings (SSSR count). The molecule has 3 aromatic carbocycles. The number of rotatable bonds is 8. The maximum absolute atomic E-state index is 13.0. The van der Waals surface area contributed by atoms with Crippen LogP contribution in [0, 0.1) is 0 Å². The number of carbonyl (C=O) groups is 1. The normalized spacial score (nSPS) is 15.0. The number of thiocarbonyl (C=S) groups is 1. The van der Waals surface area contributed by atoms with E-state index in [0.29, 0.717) is 21.6 Å². The first-order valence-corrected chi connectivity index (χ1v) is 12.7. The molecule has 1 amide bonds. The van der Waals surface area contributed by atoms with Gasteiger partial charge in [0.25, 0.3) is 5.91 Å². The Balaban J connectivity index is 1.26. The highest BCUT2D eigenvalue weighted by Gasteiger charge is 2.31. The number of anilines is 1. The highest BCUT2D eigenvalue weighted by atomic mass is 32.2. The van der Waals surface area contributed by atoms with Crippen molar-refractivity contribution in [2.75, 3.05) is 12.3 Å². The Bertz CT molecular complexity index is 1420. The number of tetrazole rings is 1. The van der Waals surface area contributed by atoms with E-state index in [9.17, 15) is 4.79 Å². The number of H-pyrrole nitrogens is 1. The Labute approximate surface area is 212 Å². The molecule has 176 valence electrons. The van der Waals surface area contributed by atoms with Gasteiger partial charge in [-0.1, -0.05) is 78.1 Å². The van der Waals surface area contributed by atoms with Gasteiger partial charge in [0.1, 0.15) is 4.32 Å². The molecule has 4 aromatic rings. The lowest BCUT2D eigenvalue weighted by atomic mass is 9.98. The fourth-order valence-electron chi connectivity index (χ4n) is 4.18. The molecule has 9 heteroatoms. The quantitative estimate of drug-likeness (QED) is 0.148. The van der Waals surface area contributed by atoms with Gasteiger partial charge in [-0.25, -0.2) is 0 Å². The number of nitrogens with zero attached hydrogens (tertiary/aromatic N) is 4. The molecule has 7 nitrogen and oxygen atoms in total. The summed E-state index contributed by atoms with van der Waals surface area (Å²) in [4.78, 5) is 15.4. The van der Waals surface area contributed by atoms with Gasteiger partial charge < -0.3 is 5.73 Å². The molecule has 1 aromatic heterocycles. The Morgan fingerprint density at radius 2 is 1.91 bits per heavy atom. The van der Waals surface area contributed by atoms with Gasteiger partial charge in [0.2, 0.25) is 0 Å². The van der Waals surface area contributed by atoms with Crippen LogP contribution in [0.2, 0.25) is 0 Å². The molecule has 0 saturated carbocycles. The molecule has 1 fully saturated rings. The summed E-state index contributed by atoms with van der Waals surface area (Å²) in [5.41, 5.74) is 10.1. The van der Waals surface area contributed by atoms with E-state index in [1.165, 1.54) is 11.8 Å². The number of fused-ring (bicyclic) bond motifs is 1. The lowest BCUT2D eigenvalue weighted by Gasteiger charge is -2.13. The monoisotopic (exact) mass is 500 g/mol. The Morgan fingerprint density at radius 1 is 1.03 bits per heavy atom. The summed E-state index contributed by atoms with van der Waals surface area (Å²) >= 11 is 6.86. The predicted octanol–water partition coefficient (Wildman–Crippen LogP) is 5.22. The number of aromatic amines is 1. The summed E-state index contributed by atoms with van der Waals surface area (Å²) in [5.74, 6) is 0.686. The molecule has 0 aliphatic carbocycles. The summed E-state index contributed by atoms with van der Waals surface area (Å²) in [7, 11) is 0. The summed E-state index contributed by atoms with van der Waals surface area (Å²) in [5, 5.41) is 16.1. The summed E-state index contributed by atoms with van der Waals surface area (Å²) in [6, 6.07) is 20.4. The second kappa shape index (κ2) is 10.4. The van der Waals surface area contributed by atoms with Crippen LogP contribution in [0.5, 0.6) is 0 Å². The van der Waals surface area contributed by atoms with Crippen molar-refractivity contribution < 1.29 is 4.79 Å². The van der Waals surface area contributed by atoms with Crippen LogP contribution >= 0.6 is 24.0 Å². The topological polar surface area (TPSA) is 101 Å². The molecule has 0 bridgehead atoms. The minimum Gasteiger partial charge on any atom is -0.398 e. The minimum atomic E-state index is -0.0291. The largest absolute Gasteiger partial charge is 0.398 e. The van der Waals surface area contributed by atoms with E-state index < -0.39 is 0 Å². The van der Waals surface area contributed by atoms with Gasteiger partial charge in [-0.3, -0.25) is 9.69 Å². The summed E-state index contributed by atoms with van der Waals surface area (Å²) < 4.78 is 0.609. The lowest BCUT2D eigenvalue weighted by Crippen LogP contribution is -2.29. The zero-order valence-corrected chi connectivity index (χ0v) is 20.6. The van der Waals surface area contributed by atoms with Crippen molar-refractivity contribution >= 4 is 56.7 Å². The van der Waals surface area contributed by atoms with Crippen molar-refractivity contribution in [1.29, 1.82) is 0 Å². The lowest BCUT2D eigenvalue weighted by molar-refractivity contribution is -0.122. The van der Waals surface area contributed by atoms with Gasteiger partial charge in [0.15, 0.2) is 5.82 Å². The van der Waals surface area contributed by atoms with Crippen LogP contribution in [-0.4, -0.2) is 42.3 Å². The minimum absolute atomic E-state index is 0.0291. The number of aryl methyl sites for hydroxylation is 1. The third-order valence-electron chi connectivity index (χ3n) is 5.96. The summed E-state index contributed by atoms with van der Waals surface area (Å²) in [6.07, 6.45) is 5.46. The number of unbranched alkanes of at least 4 members (excludes halogenated alkanes) is 2. The smallest absolute Gasteiger partial charge is 0.266 e. The Morgan fingerprint density at radius 3 is 2.77 bits per heavy atom. The number of nitrogens with one attached hydrogen (secondary N) is 1. The SMILES string of the molecule is Nc1cc(-c2cccc(C=C3SC(=S)N(CCCCCc4nn[nH]n4)C3=O)c2)cc2ccccc12. The van der Waals surface area contributed by atoms with Gasteiger partial charge in [0, 0.05) is 24.0 Å². The van der Waals surface area contributed by atoms with Crippen molar-refractivity contribution in [1.82, 2.24) is 25.5 Å². The Hall–Kier alpha value is -3.56. The van der Waals surface area contributed by atoms with E-state index in [4.69, 9.17) is 18.0 Å². The van der Waals surface area contributed by atoms with E-state index >= 15 is 0 Å². The van der Waals surface area contributed by atoms with E-state index in [1.54, 1.807) is 4.90 Å². The van der Waals surface area contributed by atoms with Crippen LogP contribution in [0.3, 0.4) is 0 Å². The van der Waals surface area contributed by atoms with E-state index in [-0.39, 0.29) is 5.91 Å². The van der Waals surface area contributed by atoms with Gasteiger partial charge in [0.05, 0.1) is 4.91 Å². The number of nitrogen functional groups attached to an aromatic ring is 1. The first-order valence-electron chi connectivity index (χ1n) is 11.4. The van der Waals surface area contributed by atoms with Gasteiger partial charge in [-0.05, 0) is 59.2 Å². The fraction of sp³-hybridized carbons (Fsp3) is 0.192. The number of aromatic nitrogens is 4. The molecule has 1 saturated heterocycles. The molecule has 2 heterocycles. The van der Waals surface area contributed by atoms with Crippen molar-refractivity contribution in [3.05, 3.63) is 77.0 Å². The number of thioether (sulfide) groups is 1. The second-order valence-corrected chi connectivity index (χ2v) is 10.1. The number of hydrogen-bond acceptors (Lipinski definition) is 7. The third kappa shape index (κ3) is 5.26. The maximum atomic E-state index is 13.0. The highest BCUT2D eigenvalue weighted by molar-refractivity contribution is 8.26. The van der Waals surface area contributed by atoms with Crippen LogP contribution in [-0.2, 0) is 11.2 Å². The van der Waals surface area contributed by atoms with Crippen LogP contribution in [0.4, 0.5) is 5.69 Å². The van der Waals surface area contributed by atoms with E-state index in [0.717, 1.165) is 58.8 Å². The number of benzene rings is 3. The molecular formula is C26H24N6OS2. The zero-order valence-electron chi connectivity index (χ0n) is 19.0. The molecule has 3 N–H and O–H groups in total. The maximum Gasteiger partial charge on any atom is 0.266 e. The van der Waals surface area contributed by atoms with Gasteiger partial charge in [-0.2, -0.15) is 5.21 Å². The van der Waals surface area contributed by atoms with Crippen LogP contribution in [0.25, 0.3) is 28.0 Å². The fourth-order valence-corrected chi connectivity index (χ4v) is 5.49. The average Bonchev–Trinajstić information content (AvgIpc) is 3.47. The summed E-state index contributed by atoms with van der Waals surface area (Å²) in [6.45, 7) is 0.616. The number of hydrogen-bond donors (Lipinski definition) is 2. The molecule has 0 spiro atoms. The van der Waals surface area contributed by atoms with Crippen LogP contribution in [0.1, 0.15) is 30.7 Å². The van der Waals surface area contributed by atoms with E-state index in [2.05, 4.69) is 44.9 Å². The van der Waals surface area contributed by atoms with Crippen molar-refractivity contribution in [2.45, 2.75) is 25.7 Å². The third-order valence-corrected chi connectivity index (χ3v) is 7.33. The average molecular weight is 501 g/mol. The van der Waals surface area contributed by atoms with Crippen LogP contribution in [0.15, 0.2) is 65.6 Å². The number of amides is 1.